The van der Waals surface area contributed by atoms with E-state index >= 15 is 0 Å². The van der Waals surface area contributed by atoms with Gasteiger partial charge in [0.15, 0.2) is 0 Å². The van der Waals surface area contributed by atoms with Crippen LogP contribution in [-0.2, 0) is 4.79 Å². The number of nitrogens with zero attached hydrogens (tertiary/aromatic N) is 3. The minimum Gasteiger partial charge on any atom is -0.316 e. The molecule has 0 aliphatic rings. The number of anilines is 1. The smallest absolute Gasteiger partial charge is 0.238 e. The monoisotopic (exact) mass is 388 g/mol. The van der Waals surface area contributed by atoms with Crippen LogP contribution in [0.25, 0.3) is 10.2 Å². The Morgan fingerprint density at radius 1 is 1.36 bits per heavy atom. The molecule has 5 nitrogen and oxygen atoms in total. The zero-order chi connectivity index (χ0) is 18.1. The quantitative estimate of drug-likeness (QED) is 0.519. The molecule has 1 N–H and O–H groups in total. The number of aryl methyl sites for hydroxylation is 3. The third-order valence-corrected chi connectivity index (χ3v) is 6.80. The van der Waals surface area contributed by atoms with Gasteiger partial charge in [0.05, 0.1) is 10.8 Å². The lowest BCUT2D eigenvalue weighted by Crippen LogP contribution is -2.22. The molecule has 3 heterocycles. The number of thiophene rings is 2. The van der Waals surface area contributed by atoms with Crippen molar-refractivity contribution in [3.63, 3.8) is 0 Å². The number of hydrogen-bond acceptors (Lipinski definition) is 7. The van der Waals surface area contributed by atoms with Crippen LogP contribution in [0.4, 0.5) is 5.00 Å². The van der Waals surface area contributed by atoms with Crippen molar-refractivity contribution in [2.75, 3.05) is 5.32 Å². The number of aromatic nitrogens is 2. The number of hydrogen-bond donors (Lipinski definition) is 1. The summed E-state index contributed by atoms with van der Waals surface area (Å²) >= 11 is 4.42. The molecule has 8 heteroatoms. The molecule has 0 saturated heterocycles. The van der Waals surface area contributed by atoms with Crippen LogP contribution in [0.2, 0.25) is 0 Å². The third-order valence-electron chi connectivity index (χ3n) is 3.79. The standard InChI is InChI=1S/C17H16N4OS3/c1-8-9(2)24-16-13(8)17(20-11(4)19-16)25-10(3)14(22)21-15-12(7-18)5-6-23-15/h5-6,10H,1-4H3,(H,21,22)/t10-/m1/s1. The van der Waals surface area contributed by atoms with Gasteiger partial charge in [0, 0.05) is 10.3 Å². The van der Waals surface area contributed by atoms with Gasteiger partial charge in [-0.3, -0.25) is 4.79 Å². The van der Waals surface area contributed by atoms with E-state index in [0.29, 0.717) is 16.4 Å². The summed E-state index contributed by atoms with van der Waals surface area (Å²) in [5.74, 6) is 0.562. The summed E-state index contributed by atoms with van der Waals surface area (Å²) in [5.41, 5.74) is 1.65. The second kappa shape index (κ2) is 7.12. The van der Waals surface area contributed by atoms with E-state index in [1.165, 1.54) is 33.5 Å². The Bertz CT molecular complexity index is 999. The molecule has 3 aromatic heterocycles. The van der Waals surface area contributed by atoms with E-state index in [2.05, 4.69) is 35.2 Å². The average molecular weight is 389 g/mol. The molecule has 1 amide bonds. The van der Waals surface area contributed by atoms with E-state index in [9.17, 15) is 4.79 Å². The van der Waals surface area contributed by atoms with Gasteiger partial charge in [0.25, 0.3) is 0 Å². The van der Waals surface area contributed by atoms with Crippen molar-refractivity contribution < 1.29 is 4.79 Å². The van der Waals surface area contributed by atoms with Crippen molar-refractivity contribution >= 4 is 55.6 Å². The third kappa shape index (κ3) is 3.54. The first kappa shape index (κ1) is 17.9. The lowest BCUT2D eigenvalue weighted by atomic mass is 10.2. The first-order valence-corrected chi connectivity index (χ1v) is 10.2. The van der Waals surface area contributed by atoms with Crippen LogP contribution in [0.5, 0.6) is 0 Å². The Labute approximate surface area is 158 Å². The van der Waals surface area contributed by atoms with E-state index in [1.54, 1.807) is 22.8 Å². The number of nitrogens with one attached hydrogen (secondary N) is 1. The molecule has 3 rings (SSSR count). The number of rotatable bonds is 4. The Hall–Kier alpha value is -1.95. The van der Waals surface area contributed by atoms with Gasteiger partial charge in [0.2, 0.25) is 5.91 Å². The fourth-order valence-corrected chi connectivity index (χ4v) is 5.26. The van der Waals surface area contributed by atoms with E-state index < -0.39 is 0 Å². The van der Waals surface area contributed by atoms with Crippen LogP contribution in [0.3, 0.4) is 0 Å². The van der Waals surface area contributed by atoms with Crippen molar-refractivity contribution in [1.29, 1.82) is 5.26 Å². The number of fused-ring (bicyclic) bond motifs is 1. The molecule has 0 spiro atoms. The number of amides is 1. The Morgan fingerprint density at radius 3 is 2.84 bits per heavy atom. The van der Waals surface area contributed by atoms with Gasteiger partial charge >= 0.3 is 0 Å². The molecule has 128 valence electrons. The second-order valence-corrected chi connectivity index (χ2v) is 9.01. The van der Waals surface area contributed by atoms with Crippen LogP contribution in [-0.4, -0.2) is 21.1 Å². The first-order valence-electron chi connectivity index (χ1n) is 7.60. The van der Waals surface area contributed by atoms with Gasteiger partial charge in [-0.25, -0.2) is 9.97 Å². The number of nitriles is 1. The number of carbonyl (C=O) groups excluding carboxylic acids is 1. The Morgan fingerprint density at radius 2 is 2.12 bits per heavy atom. The summed E-state index contributed by atoms with van der Waals surface area (Å²) in [6.07, 6.45) is 0. The molecule has 1 atom stereocenters. The first-order chi connectivity index (χ1) is 11.9. The Kier molecular flexibility index (Phi) is 5.08. The molecule has 0 bridgehead atoms. The van der Waals surface area contributed by atoms with Crippen molar-refractivity contribution in [3.8, 4) is 6.07 Å². The summed E-state index contributed by atoms with van der Waals surface area (Å²) in [5, 5.41) is 15.8. The van der Waals surface area contributed by atoms with E-state index in [4.69, 9.17) is 5.26 Å². The predicted octanol–water partition coefficient (Wildman–Crippen LogP) is 4.67. The maximum absolute atomic E-state index is 12.5. The van der Waals surface area contributed by atoms with Crippen molar-refractivity contribution in [3.05, 3.63) is 33.3 Å². The van der Waals surface area contributed by atoms with E-state index in [1.807, 2.05) is 13.8 Å². The van der Waals surface area contributed by atoms with E-state index in [-0.39, 0.29) is 11.2 Å². The molecule has 0 fully saturated rings. The normalized spacial score (nSPS) is 12.1. The topological polar surface area (TPSA) is 78.7 Å². The summed E-state index contributed by atoms with van der Waals surface area (Å²) in [6.45, 7) is 7.84. The molecule has 0 saturated carbocycles. The van der Waals surface area contributed by atoms with Gasteiger partial charge in [-0.05, 0) is 44.7 Å². The van der Waals surface area contributed by atoms with Crippen LogP contribution in [0.15, 0.2) is 16.5 Å². The fraction of sp³-hybridized carbons (Fsp3) is 0.294. The lowest BCUT2D eigenvalue weighted by Gasteiger charge is -2.12. The predicted molar refractivity (Wildman–Crippen MR) is 105 cm³/mol. The highest BCUT2D eigenvalue weighted by Gasteiger charge is 2.21. The second-order valence-electron chi connectivity index (χ2n) is 5.56. The van der Waals surface area contributed by atoms with Crippen molar-refractivity contribution in [2.24, 2.45) is 0 Å². The SMILES string of the molecule is Cc1nc(S[C@H](C)C(=O)Nc2sccc2C#N)c2c(C)c(C)sc2n1. The van der Waals surface area contributed by atoms with Gasteiger partial charge < -0.3 is 5.32 Å². The highest BCUT2D eigenvalue weighted by atomic mass is 32.2. The molecule has 25 heavy (non-hydrogen) atoms. The van der Waals surface area contributed by atoms with Crippen LogP contribution < -0.4 is 5.32 Å². The lowest BCUT2D eigenvalue weighted by molar-refractivity contribution is -0.115. The van der Waals surface area contributed by atoms with Crippen LogP contribution in [0.1, 0.15) is 28.8 Å². The zero-order valence-electron chi connectivity index (χ0n) is 14.2. The maximum atomic E-state index is 12.5. The summed E-state index contributed by atoms with van der Waals surface area (Å²) in [4.78, 5) is 23.8. The van der Waals surface area contributed by atoms with Crippen LogP contribution in [0, 0.1) is 32.1 Å². The molecule has 0 radical (unpaired) electrons. The molecular weight excluding hydrogens is 372 g/mol. The zero-order valence-corrected chi connectivity index (χ0v) is 16.7. The minimum atomic E-state index is -0.342. The number of carbonyl (C=O) groups is 1. The van der Waals surface area contributed by atoms with E-state index in [0.717, 1.165) is 15.2 Å². The minimum absolute atomic E-state index is 0.141. The average Bonchev–Trinajstić information content (AvgIpc) is 3.11. The van der Waals surface area contributed by atoms with Crippen molar-refractivity contribution in [1.82, 2.24) is 9.97 Å². The Balaban J connectivity index is 1.86. The molecule has 0 aliphatic carbocycles. The summed E-state index contributed by atoms with van der Waals surface area (Å²) in [7, 11) is 0. The van der Waals surface area contributed by atoms with Gasteiger partial charge in [-0.1, -0.05) is 11.8 Å². The summed E-state index contributed by atoms with van der Waals surface area (Å²) < 4.78 is 0. The molecule has 3 aromatic rings. The van der Waals surface area contributed by atoms with Crippen LogP contribution >= 0.6 is 34.4 Å². The fourth-order valence-electron chi connectivity index (χ4n) is 2.33. The van der Waals surface area contributed by atoms with Gasteiger partial charge in [0.1, 0.15) is 26.8 Å². The van der Waals surface area contributed by atoms with Crippen molar-refractivity contribution in [2.45, 2.75) is 38.0 Å². The number of thioether (sulfide) groups is 1. The van der Waals surface area contributed by atoms with Gasteiger partial charge in [-0.2, -0.15) is 5.26 Å². The molecular formula is C17H16N4OS3. The largest absolute Gasteiger partial charge is 0.316 e. The molecule has 0 unspecified atom stereocenters. The molecule has 0 aliphatic heterocycles. The highest BCUT2D eigenvalue weighted by molar-refractivity contribution is 8.00. The maximum Gasteiger partial charge on any atom is 0.238 e. The van der Waals surface area contributed by atoms with Gasteiger partial charge in [-0.15, -0.1) is 22.7 Å². The highest BCUT2D eigenvalue weighted by Crippen LogP contribution is 2.37. The molecule has 0 aromatic carbocycles. The summed E-state index contributed by atoms with van der Waals surface area (Å²) in [6, 6.07) is 3.78.